The first kappa shape index (κ1) is 35.1. The normalized spacial score (nSPS) is 17.6. The highest BCUT2D eigenvalue weighted by Gasteiger charge is 2.40. The average molecular weight is 539 g/mol. The zero-order valence-corrected chi connectivity index (χ0v) is 23.8. The monoisotopic (exact) mass is 538 g/mol. The van der Waals surface area contributed by atoms with E-state index in [1.54, 1.807) is 0 Å². The van der Waals surface area contributed by atoms with Crippen LogP contribution in [0.2, 0.25) is 0 Å². The Labute approximate surface area is 226 Å². The lowest BCUT2D eigenvalue weighted by Crippen LogP contribution is -2.55. The van der Waals surface area contributed by atoms with Gasteiger partial charge < -0.3 is 21.3 Å². The van der Waals surface area contributed by atoms with Gasteiger partial charge in [-0.05, 0) is 63.0 Å². The Morgan fingerprint density at radius 1 is 0.711 bits per heavy atom. The van der Waals surface area contributed by atoms with Crippen LogP contribution in [0.4, 0.5) is 13.2 Å². The largest absolute Gasteiger partial charge is 0.417 e. The number of aryl methyl sites for hydroxylation is 1. The van der Waals surface area contributed by atoms with E-state index in [9.17, 15) is 22.8 Å². The zero-order chi connectivity index (χ0) is 29.5. The molecule has 2 aromatic carbocycles. The number of carbonyl (C=O) groups is 2. The minimum Gasteiger partial charge on any atom is -0.338 e. The Hall–Kier alpha value is -2.91. The fourth-order valence-corrected chi connectivity index (χ4v) is 4.68. The number of amides is 2. The van der Waals surface area contributed by atoms with E-state index in [1.165, 1.54) is 37.2 Å². The summed E-state index contributed by atoms with van der Waals surface area (Å²) in [5.41, 5.74) is 9.38. The Bertz CT molecular complexity index is 968. The van der Waals surface area contributed by atoms with Gasteiger partial charge in [-0.25, -0.2) is 0 Å². The third-order valence-electron chi connectivity index (χ3n) is 5.99. The molecule has 0 aromatic heterocycles. The maximum atomic E-state index is 13.3. The van der Waals surface area contributed by atoms with E-state index < -0.39 is 17.6 Å². The maximum Gasteiger partial charge on any atom is 0.417 e. The number of likely N-dealkylation sites (tertiary alicyclic amines) is 2. The van der Waals surface area contributed by atoms with E-state index in [0.717, 1.165) is 18.1 Å². The summed E-state index contributed by atoms with van der Waals surface area (Å²) in [5.74, 6) is -0.485. The number of halogens is 3. The highest BCUT2D eigenvalue weighted by atomic mass is 19.4. The van der Waals surface area contributed by atoms with E-state index in [0.29, 0.717) is 31.7 Å². The minimum atomic E-state index is -4.57. The van der Waals surface area contributed by atoms with Crippen molar-refractivity contribution in [3.63, 3.8) is 0 Å². The van der Waals surface area contributed by atoms with Crippen LogP contribution in [-0.2, 0) is 6.18 Å². The summed E-state index contributed by atoms with van der Waals surface area (Å²) in [5, 5.41) is 0. The fraction of sp³-hybridized carbons (Fsp3) is 0.517. The molecule has 2 aromatic rings. The molecule has 2 heterocycles. The highest BCUT2D eigenvalue weighted by molar-refractivity contribution is 5.97. The number of alkyl halides is 3. The van der Waals surface area contributed by atoms with Crippen molar-refractivity contribution in [1.29, 1.82) is 0 Å². The number of nitrogens with two attached hydrogens (primary N) is 2. The quantitative estimate of drug-likeness (QED) is 0.532. The number of carbonyl (C=O) groups excluding carboxylic acids is 2. The van der Waals surface area contributed by atoms with Gasteiger partial charge in [-0.2, -0.15) is 13.2 Å². The van der Waals surface area contributed by atoms with Crippen molar-refractivity contribution in [2.24, 2.45) is 23.3 Å². The standard InChI is InChI=1S/C23H23F3N2O2.2C2H6.2CH5N/c1-15-6-2-3-7-18(15)21(29)27-11-16-10-17(12-27)14-28(13-16)22(30)19-8-4-5-9-20(19)23(24,25)26;4*1-2/h2-9,16-17H,10-14H2,1H3;2*1-2H3;2*2H2,1H3. The van der Waals surface area contributed by atoms with E-state index in [1.807, 2.05) is 63.8 Å². The number of benzene rings is 2. The molecule has 2 saturated heterocycles. The molecule has 2 atom stereocenters. The van der Waals surface area contributed by atoms with Crippen molar-refractivity contribution >= 4 is 11.8 Å². The molecule has 2 bridgehead atoms. The Morgan fingerprint density at radius 3 is 1.50 bits per heavy atom. The van der Waals surface area contributed by atoms with Gasteiger partial charge in [0.05, 0.1) is 11.1 Å². The van der Waals surface area contributed by atoms with Gasteiger partial charge in [0, 0.05) is 31.7 Å². The average Bonchev–Trinajstić information content (AvgIpc) is 2.96. The molecule has 2 amide bonds. The zero-order valence-electron chi connectivity index (χ0n) is 23.8. The highest BCUT2D eigenvalue weighted by Crippen LogP contribution is 2.35. The summed E-state index contributed by atoms with van der Waals surface area (Å²) in [6, 6.07) is 12.4. The number of rotatable bonds is 2. The van der Waals surface area contributed by atoms with Crippen molar-refractivity contribution in [2.75, 3.05) is 40.3 Å². The van der Waals surface area contributed by atoms with E-state index in [-0.39, 0.29) is 23.3 Å². The Balaban J connectivity index is 0.00000157. The van der Waals surface area contributed by atoms with Crippen molar-refractivity contribution in [3.8, 4) is 0 Å². The lowest BCUT2D eigenvalue weighted by Gasteiger charge is -2.46. The lowest BCUT2D eigenvalue weighted by molar-refractivity contribution is -0.138. The van der Waals surface area contributed by atoms with Crippen LogP contribution in [0.25, 0.3) is 0 Å². The number of piperidine rings is 2. The molecule has 214 valence electrons. The van der Waals surface area contributed by atoms with Crippen LogP contribution < -0.4 is 11.5 Å². The van der Waals surface area contributed by atoms with Gasteiger partial charge >= 0.3 is 6.18 Å². The SMILES string of the molecule is CC.CC.CN.CN.Cc1ccccc1C(=O)N1CC2CC(C1)CN(C(=O)c1ccccc1C(F)(F)F)C2. The van der Waals surface area contributed by atoms with Gasteiger partial charge in [-0.15, -0.1) is 0 Å². The van der Waals surface area contributed by atoms with Gasteiger partial charge in [0.2, 0.25) is 0 Å². The van der Waals surface area contributed by atoms with Crippen LogP contribution in [0.3, 0.4) is 0 Å². The molecule has 4 N–H and O–H groups in total. The number of fused-ring (bicyclic) bond motifs is 2. The molecule has 2 unspecified atom stereocenters. The molecular weight excluding hydrogens is 493 g/mol. The number of nitrogens with zero attached hydrogens (tertiary/aromatic N) is 2. The van der Waals surface area contributed by atoms with Gasteiger partial charge in [-0.1, -0.05) is 58.0 Å². The first-order chi connectivity index (χ1) is 18.2. The van der Waals surface area contributed by atoms with Gasteiger partial charge in [0.25, 0.3) is 11.8 Å². The summed E-state index contributed by atoms with van der Waals surface area (Å²) in [4.78, 5) is 29.2. The third-order valence-corrected chi connectivity index (χ3v) is 5.99. The second kappa shape index (κ2) is 17.6. The third kappa shape index (κ3) is 9.13. The van der Waals surface area contributed by atoms with E-state index >= 15 is 0 Å². The molecule has 0 aliphatic carbocycles. The Morgan fingerprint density at radius 2 is 1.08 bits per heavy atom. The molecular formula is C29H45F3N4O2. The van der Waals surface area contributed by atoms with Crippen LogP contribution in [0.1, 0.15) is 66.0 Å². The van der Waals surface area contributed by atoms with Crippen molar-refractivity contribution in [3.05, 3.63) is 70.8 Å². The smallest absolute Gasteiger partial charge is 0.338 e. The predicted octanol–water partition coefficient (Wildman–Crippen LogP) is 5.45. The molecule has 0 saturated carbocycles. The molecule has 0 spiro atoms. The second-order valence-electron chi connectivity index (χ2n) is 8.25. The summed E-state index contributed by atoms with van der Waals surface area (Å²) >= 11 is 0. The Kier molecular flexibility index (Phi) is 16.2. The van der Waals surface area contributed by atoms with Crippen molar-refractivity contribution in [2.45, 2.75) is 47.2 Å². The molecule has 2 fully saturated rings. The summed E-state index contributed by atoms with van der Waals surface area (Å²) in [6.07, 6.45) is -3.70. The summed E-state index contributed by atoms with van der Waals surface area (Å²) in [7, 11) is 3.00. The topological polar surface area (TPSA) is 92.7 Å². The molecule has 9 heteroatoms. The lowest BCUT2D eigenvalue weighted by atomic mass is 9.84. The fourth-order valence-electron chi connectivity index (χ4n) is 4.68. The number of hydrogen-bond donors (Lipinski definition) is 2. The molecule has 6 nitrogen and oxygen atoms in total. The minimum absolute atomic E-state index is 0.0232. The van der Waals surface area contributed by atoms with E-state index in [2.05, 4.69) is 11.5 Å². The first-order valence-corrected chi connectivity index (χ1v) is 13.2. The van der Waals surface area contributed by atoms with Crippen molar-refractivity contribution in [1.82, 2.24) is 9.80 Å². The summed E-state index contributed by atoms with van der Waals surface area (Å²) < 4.78 is 40.0. The molecule has 4 rings (SSSR count). The summed E-state index contributed by atoms with van der Waals surface area (Å²) in [6.45, 7) is 11.6. The molecule has 2 aliphatic rings. The van der Waals surface area contributed by atoms with Crippen LogP contribution in [0.15, 0.2) is 48.5 Å². The van der Waals surface area contributed by atoms with Crippen LogP contribution >= 0.6 is 0 Å². The second-order valence-corrected chi connectivity index (χ2v) is 8.25. The van der Waals surface area contributed by atoms with Crippen LogP contribution in [-0.4, -0.2) is 61.9 Å². The predicted molar refractivity (Wildman–Crippen MR) is 149 cm³/mol. The van der Waals surface area contributed by atoms with Crippen LogP contribution in [0, 0.1) is 18.8 Å². The van der Waals surface area contributed by atoms with Crippen molar-refractivity contribution < 1.29 is 22.8 Å². The first-order valence-electron chi connectivity index (χ1n) is 13.2. The van der Waals surface area contributed by atoms with Gasteiger partial charge in [0.1, 0.15) is 0 Å². The van der Waals surface area contributed by atoms with Crippen LogP contribution in [0.5, 0.6) is 0 Å². The molecule has 38 heavy (non-hydrogen) atoms. The maximum absolute atomic E-state index is 13.3. The number of hydrogen-bond acceptors (Lipinski definition) is 4. The van der Waals surface area contributed by atoms with Gasteiger partial charge in [-0.3, -0.25) is 9.59 Å². The van der Waals surface area contributed by atoms with Gasteiger partial charge in [0.15, 0.2) is 0 Å². The molecule has 0 radical (unpaired) electrons. The molecule has 2 aliphatic heterocycles. The van der Waals surface area contributed by atoms with E-state index in [4.69, 9.17) is 0 Å².